The lowest BCUT2D eigenvalue weighted by molar-refractivity contribution is 0.0985. The van der Waals surface area contributed by atoms with E-state index >= 15 is 0 Å². The van der Waals surface area contributed by atoms with Gasteiger partial charge < -0.3 is 31.1 Å². The van der Waals surface area contributed by atoms with Gasteiger partial charge in [-0.3, -0.25) is 5.10 Å². The Morgan fingerprint density at radius 3 is 2.97 bits per heavy atom. The molecule has 0 unspecified atom stereocenters. The summed E-state index contributed by atoms with van der Waals surface area (Å²) in [7, 11) is 0. The van der Waals surface area contributed by atoms with E-state index in [9.17, 15) is 0 Å². The van der Waals surface area contributed by atoms with Crippen LogP contribution in [-0.4, -0.2) is 52.2 Å². The fourth-order valence-electron chi connectivity index (χ4n) is 4.09. The summed E-state index contributed by atoms with van der Waals surface area (Å²) in [6.07, 6.45) is 4.89. The molecule has 1 aromatic carbocycles. The van der Waals surface area contributed by atoms with E-state index in [4.69, 9.17) is 20.9 Å². The van der Waals surface area contributed by atoms with Crippen molar-refractivity contribution >= 4 is 40.3 Å². The van der Waals surface area contributed by atoms with Crippen LogP contribution in [0.25, 0.3) is 22.0 Å². The molecule has 9 heteroatoms. The number of fused-ring (bicyclic) bond motifs is 1. The van der Waals surface area contributed by atoms with Gasteiger partial charge in [0.1, 0.15) is 17.5 Å². The first-order valence-corrected chi connectivity index (χ1v) is 10.2. The van der Waals surface area contributed by atoms with Crippen LogP contribution in [0, 0.1) is 5.41 Å². The Morgan fingerprint density at radius 2 is 2.19 bits per heavy atom. The maximum absolute atomic E-state index is 8.17. The van der Waals surface area contributed by atoms with Gasteiger partial charge in [-0.1, -0.05) is 6.07 Å². The number of anilines is 4. The molecular weight excluding hydrogens is 392 g/mol. The van der Waals surface area contributed by atoms with Gasteiger partial charge in [0.15, 0.2) is 0 Å². The smallest absolute Gasteiger partial charge is 0.143 e. The first-order valence-electron chi connectivity index (χ1n) is 10.2. The normalized spacial score (nSPS) is 16.5. The van der Waals surface area contributed by atoms with E-state index in [-0.39, 0.29) is 6.04 Å². The van der Waals surface area contributed by atoms with Gasteiger partial charge in [0, 0.05) is 36.0 Å². The largest absolute Gasteiger partial charge is 0.397 e. The van der Waals surface area contributed by atoms with Gasteiger partial charge in [0.05, 0.1) is 36.7 Å². The molecule has 1 aliphatic rings. The molecule has 9 nitrogen and oxygen atoms in total. The van der Waals surface area contributed by atoms with Crippen molar-refractivity contribution in [2.45, 2.75) is 13.0 Å². The van der Waals surface area contributed by atoms with Crippen LogP contribution in [-0.2, 0) is 4.74 Å². The van der Waals surface area contributed by atoms with Crippen molar-refractivity contribution in [3.05, 3.63) is 48.3 Å². The first-order chi connectivity index (χ1) is 15.2. The fourth-order valence-corrected chi connectivity index (χ4v) is 4.09. The SMILES string of the molecule is C[C@@H]1COCCN1c1cc(-c2ccc(N)c3[nH]ccc23)c(C=N)c(Nc2ccn[nH]2)n1. The van der Waals surface area contributed by atoms with E-state index in [1.165, 1.54) is 6.21 Å². The second-order valence-electron chi connectivity index (χ2n) is 7.62. The molecule has 31 heavy (non-hydrogen) atoms. The Kier molecular flexibility index (Phi) is 4.79. The highest BCUT2D eigenvalue weighted by Gasteiger charge is 2.24. The minimum Gasteiger partial charge on any atom is -0.397 e. The number of morpholine rings is 1. The Bertz CT molecular complexity index is 1230. The quantitative estimate of drug-likeness (QED) is 0.250. The minimum atomic E-state index is 0.193. The van der Waals surface area contributed by atoms with Crippen molar-refractivity contribution in [3.63, 3.8) is 0 Å². The Hall–Kier alpha value is -3.85. The third-order valence-corrected chi connectivity index (χ3v) is 5.65. The van der Waals surface area contributed by atoms with E-state index in [1.807, 2.05) is 30.5 Å². The lowest BCUT2D eigenvalue weighted by atomic mass is 9.97. The maximum Gasteiger partial charge on any atom is 0.143 e. The zero-order valence-corrected chi connectivity index (χ0v) is 17.1. The van der Waals surface area contributed by atoms with Crippen molar-refractivity contribution < 1.29 is 4.74 Å². The van der Waals surface area contributed by atoms with E-state index in [1.54, 1.807) is 6.20 Å². The molecule has 1 saturated heterocycles. The van der Waals surface area contributed by atoms with Crippen molar-refractivity contribution in [1.29, 1.82) is 5.41 Å². The highest BCUT2D eigenvalue weighted by Crippen LogP contribution is 2.38. The van der Waals surface area contributed by atoms with Crippen LogP contribution in [0.1, 0.15) is 12.5 Å². The lowest BCUT2D eigenvalue weighted by Crippen LogP contribution is -2.44. The number of H-pyrrole nitrogens is 2. The number of aromatic amines is 2. The van der Waals surface area contributed by atoms with Crippen molar-refractivity contribution in [3.8, 4) is 11.1 Å². The Balaban J connectivity index is 1.73. The van der Waals surface area contributed by atoms with Gasteiger partial charge in [-0.25, -0.2) is 4.98 Å². The molecule has 0 bridgehead atoms. The van der Waals surface area contributed by atoms with E-state index in [0.29, 0.717) is 36.1 Å². The van der Waals surface area contributed by atoms with Gasteiger partial charge >= 0.3 is 0 Å². The highest BCUT2D eigenvalue weighted by atomic mass is 16.5. The molecule has 158 valence electrons. The van der Waals surface area contributed by atoms with E-state index in [0.717, 1.165) is 34.4 Å². The number of hydrogen-bond acceptors (Lipinski definition) is 7. The molecule has 0 aliphatic carbocycles. The molecule has 4 aromatic rings. The lowest BCUT2D eigenvalue weighted by Gasteiger charge is -2.35. The number of ether oxygens (including phenoxy) is 1. The number of benzene rings is 1. The monoisotopic (exact) mass is 416 g/mol. The van der Waals surface area contributed by atoms with Gasteiger partial charge in [0.25, 0.3) is 0 Å². The predicted molar refractivity (Wildman–Crippen MR) is 123 cm³/mol. The van der Waals surface area contributed by atoms with Crippen LogP contribution in [0.2, 0.25) is 0 Å². The molecule has 1 fully saturated rings. The molecule has 4 heterocycles. The second kappa shape index (κ2) is 7.77. The highest BCUT2D eigenvalue weighted by molar-refractivity contribution is 6.06. The van der Waals surface area contributed by atoms with Gasteiger partial charge in [-0.05, 0) is 36.2 Å². The number of nitrogens with two attached hydrogens (primary N) is 1. The summed E-state index contributed by atoms with van der Waals surface area (Å²) >= 11 is 0. The standard InChI is InChI=1S/C22H24N8O/c1-13-12-31-9-8-30(13)20-10-16(14-2-3-18(24)21-15(14)4-6-25-21)17(11-23)22(28-20)27-19-5-7-26-29-19/h2-7,10-11,13,23,25H,8-9,12,24H2,1H3,(H2,26,27,28,29)/t13-/m1/s1. The maximum atomic E-state index is 8.17. The number of aromatic nitrogens is 4. The summed E-state index contributed by atoms with van der Waals surface area (Å²) in [5.41, 5.74) is 10.3. The van der Waals surface area contributed by atoms with E-state index < -0.39 is 0 Å². The molecule has 0 saturated carbocycles. The number of pyridine rings is 1. The van der Waals surface area contributed by atoms with Gasteiger partial charge in [0.2, 0.25) is 0 Å². The van der Waals surface area contributed by atoms with Gasteiger partial charge in [-0.2, -0.15) is 5.10 Å². The average Bonchev–Trinajstić information content (AvgIpc) is 3.47. The van der Waals surface area contributed by atoms with Crippen molar-refractivity contribution in [1.82, 2.24) is 20.2 Å². The number of nitrogens with zero attached hydrogens (tertiary/aromatic N) is 3. The molecule has 1 atom stereocenters. The predicted octanol–water partition coefficient (Wildman–Crippen LogP) is 3.50. The van der Waals surface area contributed by atoms with Crippen LogP contribution >= 0.6 is 0 Å². The van der Waals surface area contributed by atoms with Crippen molar-refractivity contribution in [2.75, 3.05) is 35.7 Å². The molecule has 3 aromatic heterocycles. The summed E-state index contributed by atoms with van der Waals surface area (Å²) in [6, 6.07) is 9.97. The van der Waals surface area contributed by atoms with Crippen LogP contribution < -0.4 is 16.0 Å². The molecule has 0 amide bonds. The molecule has 6 N–H and O–H groups in total. The Morgan fingerprint density at radius 1 is 1.29 bits per heavy atom. The zero-order valence-electron chi connectivity index (χ0n) is 17.1. The van der Waals surface area contributed by atoms with Crippen LogP contribution in [0.5, 0.6) is 0 Å². The molecule has 0 radical (unpaired) electrons. The topological polar surface area (TPSA) is 132 Å². The van der Waals surface area contributed by atoms with Crippen LogP contribution in [0.4, 0.5) is 23.1 Å². The van der Waals surface area contributed by atoms with Crippen LogP contribution in [0.3, 0.4) is 0 Å². The molecular formula is C22H24N8O. The third kappa shape index (κ3) is 3.38. The van der Waals surface area contributed by atoms with Crippen molar-refractivity contribution in [2.24, 2.45) is 0 Å². The minimum absolute atomic E-state index is 0.193. The molecule has 5 rings (SSSR count). The van der Waals surface area contributed by atoms with Gasteiger partial charge in [-0.15, -0.1) is 0 Å². The summed E-state index contributed by atoms with van der Waals surface area (Å²) < 4.78 is 5.62. The fraction of sp³-hybridized carbons (Fsp3) is 0.227. The molecule has 0 spiro atoms. The summed E-state index contributed by atoms with van der Waals surface area (Å²) in [5, 5.41) is 19.4. The third-order valence-electron chi connectivity index (χ3n) is 5.65. The summed E-state index contributed by atoms with van der Waals surface area (Å²) in [5.74, 6) is 2.13. The summed E-state index contributed by atoms with van der Waals surface area (Å²) in [4.78, 5) is 10.4. The Labute approximate surface area is 179 Å². The summed E-state index contributed by atoms with van der Waals surface area (Å²) in [6.45, 7) is 4.18. The number of rotatable bonds is 5. The molecule has 1 aliphatic heterocycles. The average molecular weight is 416 g/mol. The number of hydrogen-bond donors (Lipinski definition) is 5. The van der Waals surface area contributed by atoms with E-state index in [2.05, 4.69) is 38.4 Å². The second-order valence-corrected chi connectivity index (χ2v) is 7.62. The number of nitrogen functional groups attached to an aromatic ring is 1. The zero-order chi connectivity index (χ0) is 21.4. The van der Waals surface area contributed by atoms with Crippen LogP contribution in [0.15, 0.2) is 42.7 Å². The first kappa shape index (κ1) is 19.1. The number of nitrogens with one attached hydrogen (secondary N) is 4.